The summed E-state index contributed by atoms with van der Waals surface area (Å²) >= 11 is 0. The molecule has 1 aliphatic heterocycles. The zero-order chi connectivity index (χ0) is 14.7. The van der Waals surface area contributed by atoms with Gasteiger partial charge in [0, 0.05) is 6.54 Å². The van der Waals surface area contributed by atoms with E-state index in [2.05, 4.69) is 28.9 Å². The topological polar surface area (TPSA) is 51.1 Å². The summed E-state index contributed by atoms with van der Waals surface area (Å²) < 4.78 is 6.14. The predicted octanol–water partition coefficient (Wildman–Crippen LogP) is 2.54. The molecule has 116 valence electrons. The lowest BCUT2D eigenvalue weighted by molar-refractivity contribution is -0.0786. The average Bonchev–Trinajstić information content (AvgIpc) is 2.55. The van der Waals surface area contributed by atoms with E-state index < -0.39 is 0 Å². The highest BCUT2D eigenvalue weighted by molar-refractivity contribution is 5.32. The minimum absolute atomic E-state index is 0.0374. The Morgan fingerprint density at radius 3 is 2.52 bits per heavy atom. The molecule has 3 rings (SSSR count). The molecule has 2 aliphatic rings. The Hall–Kier alpha value is -1.23. The second-order valence-electron chi connectivity index (χ2n) is 6.23. The fourth-order valence-electron chi connectivity index (χ4n) is 3.58. The number of hydrogen-bond acceptors (Lipinski definition) is 5. The predicted molar refractivity (Wildman–Crippen MR) is 82.6 cm³/mol. The molecular formula is C16H26N4O. The van der Waals surface area contributed by atoms with Crippen molar-refractivity contribution in [3.63, 3.8) is 0 Å². The lowest BCUT2D eigenvalue weighted by Gasteiger charge is -2.44. The molecule has 1 aromatic heterocycles. The van der Waals surface area contributed by atoms with Crippen LogP contribution in [0, 0.1) is 0 Å². The molecule has 0 N–H and O–H groups in total. The van der Waals surface area contributed by atoms with Crippen molar-refractivity contribution in [1.29, 1.82) is 0 Å². The average molecular weight is 290 g/mol. The van der Waals surface area contributed by atoms with Crippen molar-refractivity contribution in [2.45, 2.75) is 64.4 Å². The number of aromatic nitrogens is 3. The van der Waals surface area contributed by atoms with Crippen LogP contribution in [0.15, 0.2) is 0 Å². The van der Waals surface area contributed by atoms with Gasteiger partial charge >= 0.3 is 0 Å². The minimum atomic E-state index is 0.0374. The molecule has 0 amide bonds. The summed E-state index contributed by atoms with van der Waals surface area (Å²) in [7, 11) is 0. The fraction of sp³-hybridized carbons (Fsp3) is 0.812. The Balaban J connectivity index is 1.79. The molecule has 2 fully saturated rings. The third-order valence-corrected chi connectivity index (χ3v) is 4.79. The number of aryl methyl sites for hydroxylation is 2. The van der Waals surface area contributed by atoms with Crippen LogP contribution in [-0.2, 0) is 17.6 Å². The molecule has 5 heteroatoms. The summed E-state index contributed by atoms with van der Waals surface area (Å²) in [6.45, 7) is 6.81. The van der Waals surface area contributed by atoms with Crippen molar-refractivity contribution in [2.24, 2.45) is 0 Å². The third kappa shape index (κ3) is 3.03. The van der Waals surface area contributed by atoms with Crippen LogP contribution in [0.4, 0.5) is 5.95 Å². The highest BCUT2D eigenvalue weighted by Crippen LogP contribution is 2.35. The maximum Gasteiger partial charge on any atom is 0.245 e. The molecule has 0 bridgehead atoms. The first-order valence-electron chi connectivity index (χ1n) is 8.38. The van der Waals surface area contributed by atoms with Crippen molar-refractivity contribution < 1.29 is 4.74 Å². The van der Waals surface area contributed by atoms with E-state index >= 15 is 0 Å². The van der Waals surface area contributed by atoms with Gasteiger partial charge in [0.15, 0.2) is 0 Å². The molecule has 0 radical (unpaired) electrons. The summed E-state index contributed by atoms with van der Waals surface area (Å²) in [4.78, 5) is 7.04. The summed E-state index contributed by atoms with van der Waals surface area (Å²) in [5, 5.41) is 8.75. The second kappa shape index (κ2) is 6.26. The van der Waals surface area contributed by atoms with Gasteiger partial charge < -0.3 is 9.64 Å². The first-order chi connectivity index (χ1) is 10.3. The second-order valence-corrected chi connectivity index (χ2v) is 6.23. The zero-order valence-electron chi connectivity index (χ0n) is 13.3. The molecule has 1 saturated carbocycles. The van der Waals surface area contributed by atoms with Crippen LogP contribution in [0.3, 0.4) is 0 Å². The molecule has 1 spiro atoms. The third-order valence-electron chi connectivity index (χ3n) is 4.79. The Bertz CT molecular complexity index is 480. The standard InChI is InChI=1S/C16H26N4O/c1-3-13-14(4-2)18-19-15(17-13)20-10-11-21-16(12-20)8-6-5-7-9-16/h3-12H2,1-2H3. The van der Waals surface area contributed by atoms with E-state index in [-0.39, 0.29) is 5.60 Å². The van der Waals surface area contributed by atoms with E-state index in [4.69, 9.17) is 9.72 Å². The minimum Gasteiger partial charge on any atom is -0.371 e. The summed E-state index contributed by atoms with van der Waals surface area (Å²) in [6.07, 6.45) is 8.06. The van der Waals surface area contributed by atoms with Crippen molar-refractivity contribution in [3.05, 3.63) is 11.4 Å². The van der Waals surface area contributed by atoms with Gasteiger partial charge in [0.1, 0.15) is 0 Å². The van der Waals surface area contributed by atoms with Gasteiger partial charge in [-0.15, -0.1) is 5.10 Å². The molecule has 1 saturated heterocycles. The van der Waals surface area contributed by atoms with Gasteiger partial charge in [-0.05, 0) is 25.7 Å². The summed E-state index contributed by atoms with van der Waals surface area (Å²) in [5.41, 5.74) is 2.16. The normalized spacial score (nSPS) is 21.7. The molecule has 1 aliphatic carbocycles. The van der Waals surface area contributed by atoms with Gasteiger partial charge in [0.25, 0.3) is 0 Å². The SMILES string of the molecule is CCc1nnc(N2CCOC3(CCCCC3)C2)nc1CC. The fourth-order valence-corrected chi connectivity index (χ4v) is 3.58. The Morgan fingerprint density at radius 1 is 1.05 bits per heavy atom. The summed E-state index contributed by atoms with van der Waals surface area (Å²) in [6, 6.07) is 0. The highest BCUT2D eigenvalue weighted by atomic mass is 16.5. The van der Waals surface area contributed by atoms with E-state index in [0.717, 1.165) is 49.9 Å². The molecule has 0 unspecified atom stereocenters. The molecule has 0 aromatic carbocycles. The van der Waals surface area contributed by atoms with Crippen molar-refractivity contribution in [3.8, 4) is 0 Å². The first-order valence-corrected chi connectivity index (χ1v) is 8.38. The van der Waals surface area contributed by atoms with Crippen LogP contribution >= 0.6 is 0 Å². The smallest absolute Gasteiger partial charge is 0.245 e. The van der Waals surface area contributed by atoms with Crippen LogP contribution in [0.25, 0.3) is 0 Å². The number of hydrogen-bond donors (Lipinski definition) is 0. The van der Waals surface area contributed by atoms with Gasteiger partial charge in [-0.3, -0.25) is 0 Å². The molecule has 1 aromatic rings. The quantitative estimate of drug-likeness (QED) is 0.856. The van der Waals surface area contributed by atoms with Crippen LogP contribution in [-0.4, -0.2) is 40.5 Å². The molecule has 5 nitrogen and oxygen atoms in total. The van der Waals surface area contributed by atoms with Crippen LogP contribution in [0.2, 0.25) is 0 Å². The monoisotopic (exact) mass is 290 g/mol. The van der Waals surface area contributed by atoms with Gasteiger partial charge in [0.2, 0.25) is 5.95 Å². The number of ether oxygens (including phenoxy) is 1. The van der Waals surface area contributed by atoms with Gasteiger partial charge in [-0.1, -0.05) is 33.1 Å². The molecule has 21 heavy (non-hydrogen) atoms. The van der Waals surface area contributed by atoms with Crippen molar-refractivity contribution in [1.82, 2.24) is 15.2 Å². The molecule has 0 atom stereocenters. The van der Waals surface area contributed by atoms with Gasteiger partial charge in [0.05, 0.1) is 30.1 Å². The van der Waals surface area contributed by atoms with Gasteiger partial charge in [-0.25, -0.2) is 4.98 Å². The lowest BCUT2D eigenvalue weighted by atomic mass is 9.83. The number of morpholine rings is 1. The van der Waals surface area contributed by atoms with Crippen molar-refractivity contribution >= 4 is 5.95 Å². The van der Waals surface area contributed by atoms with E-state index in [0.29, 0.717) is 0 Å². The van der Waals surface area contributed by atoms with E-state index in [9.17, 15) is 0 Å². The largest absolute Gasteiger partial charge is 0.371 e. The first kappa shape index (κ1) is 14.7. The maximum absolute atomic E-state index is 6.14. The lowest BCUT2D eigenvalue weighted by Crippen LogP contribution is -2.53. The van der Waals surface area contributed by atoms with E-state index in [1.165, 1.54) is 32.1 Å². The van der Waals surface area contributed by atoms with Crippen LogP contribution in [0.5, 0.6) is 0 Å². The number of rotatable bonds is 3. The van der Waals surface area contributed by atoms with Crippen LogP contribution < -0.4 is 4.90 Å². The molecule has 2 heterocycles. The van der Waals surface area contributed by atoms with E-state index in [1.54, 1.807) is 0 Å². The van der Waals surface area contributed by atoms with Crippen molar-refractivity contribution in [2.75, 3.05) is 24.6 Å². The Morgan fingerprint density at radius 2 is 1.81 bits per heavy atom. The molecular weight excluding hydrogens is 264 g/mol. The van der Waals surface area contributed by atoms with Gasteiger partial charge in [-0.2, -0.15) is 5.10 Å². The Labute approximate surface area is 127 Å². The number of anilines is 1. The van der Waals surface area contributed by atoms with Crippen LogP contribution in [0.1, 0.15) is 57.3 Å². The highest BCUT2D eigenvalue weighted by Gasteiger charge is 2.38. The number of nitrogens with zero attached hydrogens (tertiary/aromatic N) is 4. The Kier molecular flexibility index (Phi) is 4.38. The summed E-state index contributed by atoms with van der Waals surface area (Å²) in [5.74, 6) is 0.789. The maximum atomic E-state index is 6.14. The zero-order valence-corrected chi connectivity index (χ0v) is 13.3. The van der Waals surface area contributed by atoms with E-state index in [1.807, 2.05) is 0 Å².